The molecule has 0 heterocycles. The van der Waals surface area contributed by atoms with Crippen LogP contribution in [0.3, 0.4) is 0 Å². The van der Waals surface area contributed by atoms with E-state index in [0.29, 0.717) is 17.1 Å². The van der Waals surface area contributed by atoms with Crippen LogP contribution in [0.5, 0.6) is 11.5 Å². The highest BCUT2D eigenvalue weighted by Crippen LogP contribution is 2.28. The number of nitrogens with one attached hydrogen (secondary N) is 1. The van der Waals surface area contributed by atoms with Crippen LogP contribution in [-0.2, 0) is 0 Å². The van der Waals surface area contributed by atoms with Gasteiger partial charge in [0.25, 0.3) is 5.91 Å². The zero-order valence-electron chi connectivity index (χ0n) is 12.0. The van der Waals surface area contributed by atoms with Gasteiger partial charge in [0.15, 0.2) is 0 Å². The minimum absolute atomic E-state index is 0.0193. The van der Waals surface area contributed by atoms with Crippen molar-refractivity contribution in [2.45, 2.75) is 37.8 Å². The molecule has 1 fully saturated rings. The van der Waals surface area contributed by atoms with E-state index in [-0.39, 0.29) is 18.0 Å². The molecule has 5 nitrogen and oxygen atoms in total. The van der Waals surface area contributed by atoms with Crippen molar-refractivity contribution in [3.05, 3.63) is 23.8 Å². The van der Waals surface area contributed by atoms with E-state index in [1.54, 1.807) is 18.2 Å². The SMILES string of the molecule is COc1cccc(OC)c1C(=O)NC1CCCCC1N. The fourth-order valence-electron chi connectivity index (χ4n) is 2.65. The first-order chi connectivity index (χ1) is 9.67. The minimum Gasteiger partial charge on any atom is -0.496 e. The van der Waals surface area contributed by atoms with Crippen molar-refractivity contribution in [1.82, 2.24) is 5.32 Å². The van der Waals surface area contributed by atoms with E-state index in [4.69, 9.17) is 15.2 Å². The first-order valence-corrected chi connectivity index (χ1v) is 6.94. The van der Waals surface area contributed by atoms with Gasteiger partial charge in [0.1, 0.15) is 17.1 Å². The topological polar surface area (TPSA) is 73.6 Å². The van der Waals surface area contributed by atoms with Gasteiger partial charge in [-0.2, -0.15) is 0 Å². The molecule has 20 heavy (non-hydrogen) atoms. The summed E-state index contributed by atoms with van der Waals surface area (Å²) in [6.45, 7) is 0. The molecule has 0 aromatic heterocycles. The number of carbonyl (C=O) groups is 1. The molecule has 1 aromatic rings. The molecular weight excluding hydrogens is 256 g/mol. The van der Waals surface area contributed by atoms with Crippen LogP contribution in [0.15, 0.2) is 18.2 Å². The van der Waals surface area contributed by atoms with Crippen molar-refractivity contribution in [2.24, 2.45) is 5.73 Å². The summed E-state index contributed by atoms with van der Waals surface area (Å²) in [5.74, 6) is 0.819. The van der Waals surface area contributed by atoms with Gasteiger partial charge in [0.2, 0.25) is 0 Å². The quantitative estimate of drug-likeness (QED) is 0.879. The summed E-state index contributed by atoms with van der Waals surface area (Å²) >= 11 is 0. The molecule has 1 aliphatic rings. The molecule has 2 rings (SSSR count). The summed E-state index contributed by atoms with van der Waals surface area (Å²) in [6.07, 6.45) is 4.10. The highest BCUT2D eigenvalue weighted by Gasteiger charge is 2.26. The van der Waals surface area contributed by atoms with E-state index in [1.807, 2.05) is 0 Å². The third kappa shape index (κ3) is 3.04. The molecule has 0 spiro atoms. The standard InChI is InChI=1S/C15H22N2O3/c1-19-12-8-5-9-13(20-2)14(12)15(18)17-11-7-4-3-6-10(11)16/h5,8-11H,3-4,6-7,16H2,1-2H3,(H,17,18). The maximum absolute atomic E-state index is 12.5. The summed E-state index contributed by atoms with van der Waals surface area (Å²) < 4.78 is 10.5. The second-order valence-electron chi connectivity index (χ2n) is 5.07. The van der Waals surface area contributed by atoms with E-state index >= 15 is 0 Å². The summed E-state index contributed by atoms with van der Waals surface area (Å²) in [7, 11) is 3.08. The zero-order chi connectivity index (χ0) is 14.5. The zero-order valence-corrected chi connectivity index (χ0v) is 12.0. The Morgan fingerprint density at radius 3 is 2.35 bits per heavy atom. The summed E-state index contributed by atoms with van der Waals surface area (Å²) in [6, 6.07) is 5.33. The van der Waals surface area contributed by atoms with Crippen LogP contribution in [0.1, 0.15) is 36.0 Å². The number of amides is 1. The summed E-state index contributed by atoms with van der Waals surface area (Å²) in [4.78, 5) is 12.5. The Bertz CT molecular complexity index is 454. The molecule has 1 aromatic carbocycles. The van der Waals surface area contributed by atoms with Gasteiger partial charge in [0, 0.05) is 12.1 Å². The van der Waals surface area contributed by atoms with Crippen molar-refractivity contribution < 1.29 is 14.3 Å². The third-order valence-corrected chi connectivity index (χ3v) is 3.79. The molecule has 2 atom stereocenters. The van der Waals surface area contributed by atoms with Gasteiger partial charge in [-0.05, 0) is 25.0 Å². The molecule has 3 N–H and O–H groups in total. The first-order valence-electron chi connectivity index (χ1n) is 6.94. The highest BCUT2D eigenvalue weighted by molar-refractivity contribution is 5.99. The number of ether oxygens (including phenoxy) is 2. The second kappa shape index (κ2) is 6.61. The Morgan fingerprint density at radius 2 is 1.80 bits per heavy atom. The number of methoxy groups -OCH3 is 2. The lowest BCUT2D eigenvalue weighted by molar-refractivity contribution is 0.0915. The van der Waals surface area contributed by atoms with Crippen LogP contribution in [0.25, 0.3) is 0 Å². The third-order valence-electron chi connectivity index (χ3n) is 3.79. The monoisotopic (exact) mass is 278 g/mol. The Kier molecular flexibility index (Phi) is 4.84. The largest absolute Gasteiger partial charge is 0.496 e. The molecule has 0 bridgehead atoms. The lowest BCUT2D eigenvalue weighted by atomic mass is 9.91. The minimum atomic E-state index is -0.193. The molecule has 1 aliphatic carbocycles. The molecular formula is C15H22N2O3. The Morgan fingerprint density at radius 1 is 1.20 bits per heavy atom. The molecule has 5 heteroatoms. The Labute approximate surface area is 119 Å². The lowest BCUT2D eigenvalue weighted by Gasteiger charge is -2.29. The molecule has 1 amide bonds. The molecule has 0 saturated heterocycles. The average molecular weight is 278 g/mol. The van der Waals surface area contributed by atoms with Crippen LogP contribution in [0.2, 0.25) is 0 Å². The van der Waals surface area contributed by atoms with E-state index in [1.165, 1.54) is 14.2 Å². The molecule has 0 radical (unpaired) electrons. The highest BCUT2D eigenvalue weighted by atomic mass is 16.5. The van der Waals surface area contributed by atoms with E-state index in [0.717, 1.165) is 25.7 Å². The second-order valence-corrected chi connectivity index (χ2v) is 5.07. The van der Waals surface area contributed by atoms with Crippen LogP contribution in [0, 0.1) is 0 Å². The summed E-state index contributed by atoms with van der Waals surface area (Å²) in [5.41, 5.74) is 6.50. The number of benzene rings is 1. The normalized spacial score (nSPS) is 22.1. The predicted octanol–water partition coefficient (Wildman–Crippen LogP) is 1.70. The van der Waals surface area contributed by atoms with Gasteiger partial charge in [-0.3, -0.25) is 4.79 Å². The summed E-state index contributed by atoms with van der Waals surface area (Å²) in [5, 5.41) is 3.01. The van der Waals surface area contributed by atoms with E-state index < -0.39 is 0 Å². The van der Waals surface area contributed by atoms with Gasteiger partial charge >= 0.3 is 0 Å². The number of rotatable bonds is 4. The lowest BCUT2D eigenvalue weighted by Crippen LogP contribution is -2.49. The number of hydrogen-bond acceptors (Lipinski definition) is 4. The number of carbonyl (C=O) groups excluding carboxylic acids is 1. The maximum atomic E-state index is 12.5. The van der Waals surface area contributed by atoms with Crippen LogP contribution < -0.4 is 20.5 Å². The number of nitrogens with two attached hydrogens (primary N) is 1. The van der Waals surface area contributed by atoms with E-state index in [2.05, 4.69) is 5.32 Å². The van der Waals surface area contributed by atoms with Crippen molar-refractivity contribution in [3.8, 4) is 11.5 Å². The predicted molar refractivity (Wildman–Crippen MR) is 77.2 cm³/mol. The smallest absolute Gasteiger partial charge is 0.259 e. The van der Waals surface area contributed by atoms with E-state index in [9.17, 15) is 4.79 Å². The van der Waals surface area contributed by atoms with Crippen molar-refractivity contribution >= 4 is 5.91 Å². The van der Waals surface area contributed by atoms with Crippen molar-refractivity contribution in [2.75, 3.05) is 14.2 Å². The maximum Gasteiger partial charge on any atom is 0.259 e. The fraction of sp³-hybridized carbons (Fsp3) is 0.533. The average Bonchev–Trinajstić information content (AvgIpc) is 2.48. The van der Waals surface area contributed by atoms with Gasteiger partial charge in [0.05, 0.1) is 14.2 Å². The Hall–Kier alpha value is -1.75. The van der Waals surface area contributed by atoms with Crippen LogP contribution in [0.4, 0.5) is 0 Å². The molecule has 110 valence electrons. The van der Waals surface area contributed by atoms with Crippen molar-refractivity contribution in [1.29, 1.82) is 0 Å². The molecule has 1 saturated carbocycles. The van der Waals surface area contributed by atoms with Crippen LogP contribution >= 0.6 is 0 Å². The van der Waals surface area contributed by atoms with Gasteiger partial charge < -0.3 is 20.5 Å². The fourth-order valence-corrected chi connectivity index (χ4v) is 2.65. The van der Waals surface area contributed by atoms with Crippen molar-refractivity contribution in [3.63, 3.8) is 0 Å². The van der Waals surface area contributed by atoms with Gasteiger partial charge in [-0.15, -0.1) is 0 Å². The molecule has 2 unspecified atom stereocenters. The van der Waals surface area contributed by atoms with Gasteiger partial charge in [-0.25, -0.2) is 0 Å². The first kappa shape index (κ1) is 14.7. The number of hydrogen-bond donors (Lipinski definition) is 2. The van der Waals surface area contributed by atoms with Gasteiger partial charge in [-0.1, -0.05) is 18.9 Å². The van der Waals surface area contributed by atoms with Crippen LogP contribution in [-0.4, -0.2) is 32.2 Å². The molecule has 0 aliphatic heterocycles. The Balaban J connectivity index is 2.20.